The summed E-state index contributed by atoms with van der Waals surface area (Å²) in [5.74, 6) is -1.43. The van der Waals surface area contributed by atoms with E-state index in [2.05, 4.69) is 14.2 Å². The summed E-state index contributed by atoms with van der Waals surface area (Å²) in [6.45, 7) is 1.41. The number of hydrogen-bond donors (Lipinski definition) is 1. The van der Waals surface area contributed by atoms with Gasteiger partial charge in [0.15, 0.2) is 0 Å². The fraction of sp³-hybridized carbons (Fsp3) is 0.556. The SMILES string of the molecule is COC(=O)/C=C/C(=O)OCC(C)NS(C)(=O)=O. The maximum absolute atomic E-state index is 11.0. The zero-order chi connectivity index (χ0) is 13.5. The summed E-state index contributed by atoms with van der Waals surface area (Å²) in [5, 5.41) is 0. The second kappa shape index (κ2) is 7.02. The van der Waals surface area contributed by atoms with E-state index in [1.807, 2.05) is 0 Å². The summed E-state index contributed by atoms with van der Waals surface area (Å²) in [5.41, 5.74) is 0. The molecule has 17 heavy (non-hydrogen) atoms. The highest BCUT2D eigenvalue weighted by Crippen LogP contribution is 1.90. The number of esters is 2. The van der Waals surface area contributed by atoms with Gasteiger partial charge >= 0.3 is 11.9 Å². The van der Waals surface area contributed by atoms with Crippen LogP contribution in [-0.4, -0.2) is 46.4 Å². The Morgan fingerprint density at radius 3 is 2.29 bits per heavy atom. The molecule has 1 N–H and O–H groups in total. The van der Waals surface area contributed by atoms with Crippen molar-refractivity contribution in [3.05, 3.63) is 12.2 Å². The van der Waals surface area contributed by atoms with Gasteiger partial charge < -0.3 is 9.47 Å². The predicted molar refractivity (Wildman–Crippen MR) is 59.6 cm³/mol. The first kappa shape index (κ1) is 15.6. The molecular weight excluding hydrogens is 250 g/mol. The van der Waals surface area contributed by atoms with E-state index in [1.54, 1.807) is 6.92 Å². The highest BCUT2D eigenvalue weighted by Gasteiger charge is 2.10. The first-order valence-corrected chi connectivity index (χ1v) is 6.54. The van der Waals surface area contributed by atoms with Crippen molar-refractivity contribution in [2.24, 2.45) is 0 Å². The van der Waals surface area contributed by atoms with E-state index in [-0.39, 0.29) is 6.61 Å². The molecule has 0 aliphatic carbocycles. The van der Waals surface area contributed by atoms with E-state index in [0.717, 1.165) is 18.4 Å². The Hall–Kier alpha value is -1.41. The molecule has 0 saturated heterocycles. The fourth-order valence-electron chi connectivity index (χ4n) is 0.859. The van der Waals surface area contributed by atoms with Crippen LogP contribution in [0.2, 0.25) is 0 Å². The van der Waals surface area contributed by atoms with Gasteiger partial charge in [-0.15, -0.1) is 0 Å². The van der Waals surface area contributed by atoms with Gasteiger partial charge in [0.25, 0.3) is 0 Å². The van der Waals surface area contributed by atoms with Gasteiger partial charge in [-0.05, 0) is 6.92 Å². The molecule has 8 heteroatoms. The number of carbonyl (C=O) groups is 2. The molecule has 7 nitrogen and oxygen atoms in total. The molecule has 98 valence electrons. The molecule has 0 aliphatic heterocycles. The van der Waals surface area contributed by atoms with E-state index in [1.165, 1.54) is 7.11 Å². The first-order valence-electron chi connectivity index (χ1n) is 4.64. The van der Waals surface area contributed by atoms with Crippen LogP contribution in [0.3, 0.4) is 0 Å². The van der Waals surface area contributed by atoms with Crippen molar-refractivity contribution in [1.82, 2.24) is 4.72 Å². The van der Waals surface area contributed by atoms with E-state index < -0.39 is 28.0 Å². The summed E-state index contributed by atoms with van der Waals surface area (Å²) in [7, 11) is -2.16. The molecule has 0 aromatic carbocycles. The summed E-state index contributed by atoms with van der Waals surface area (Å²) < 4.78 is 32.8. The molecule has 0 fully saturated rings. The van der Waals surface area contributed by atoms with Crippen molar-refractivity contribution in [2.45, 2.75) is 13.0 Å². The Balaban J connectivity index is 4.00. The molecule has 0 heterocycles. The molecular formula is C9H15NO6S. The average Bonchev–Trinajstić information content (AvgIpc) is 2.20. The molecule has 0 saturated carbocycles. The largest absolute Gasteiger partial charge is 0.466 e. The van der Waals surface area contributed by atoms with Crippen LogP contribution in [0.1, 0.15) is 6.92 Å². The monoisotopic (exact) mass is 265 g/mol. The second-order valence-corrected chi connectivity index (χ2v) is 5.06. The molecule has 0 radical (unpaired) electrons. The van der Waals surface area contributed by atoms with Gasteiger partial charge in [0.05, 0.1) is 19.4 Å². The minimum absolute atomic E-state index is 0.128. The van der Waals surface area contributed by atoms with Gasteiger partial charge in [-0.1, -0.05) is 0 Å². The van der Waals surface area contributed by atoms with Crippen molar-refractivity contribution in [2.75, 3.05) is 20.0 Å². The Kier molecular flexibility index (Phi) is 6.44. The highest BCUT2D eigenvalue weighted by molar-refractivity contribution is 7.88. The van der Waals surface area contributed by atoms with Crippen molar-refractivity contribution in [1.29, 1.82) is 0 Å². The summed E-state index contributed by atoms with van der Waals surface area (Å²) >= 11 is 0. The van der Waals surface area contributed by atoms with E-state index in [4.69, 9.17) is 0 Å². The minimum Gasteiger partial charge on any atom is -0.466 e. The maximum atomic E-state index is 11.0. The number of carbonyl (C=O) groups excluding carboxylic acids is 2. The van der Waals surface area contributed by atoms with Crippen molar-refractivity contribution >= 4 is 22.0 Å². The summed E-state index contributed by atoms with van der Waals surface area (Å²) in [6.07, 6.45) is 2.82. The third-order valence-corrected chi connectivity index (χ3v) is 2.28. The molecule has 0 aliphatic rings. The Morgan fingerprint density at radius 2 is 1.82 bits per heavy atom. The predicted octanol–water partition coefficient (Wildman–Crippen LogP) is -0.803. The lowest BCUT2D eigenvalue weighted by atomic mass is 10.4. The number of nitrogens with one attached hydrogen (secondary N) is 1. The molecule has 0 spiro atoms. The van der Waals surface area contributed by atoms with Crippen molar-refractivity contribution < 1.29 is 27.5 Å². The number of rotatable bonds is 6. The van der Waals surface area contributed by atoms with Crippen LogP contribution in [0.5, 0.6) is 0 Å². The second-order valence-electron chi connectivity index (χ2n) is 3.28. The lowest BCUT2D eigenvalue weighted by molar-refractivity contribution is -0.139. The Morgan fingerprint density at radius 1 is 1.29 bits per heavy atom. The smallest absolute Gasteiger partial charge is 0.331 e. The van der Waals surface area contributed by atoms with Gasteiger partial charge in [0, 0.05) is 12.2 Å². The third-order valence-electron chi connectivity index (χ3n) is 1.45. The number of hydrogen-bond acceptors (Lipinski definition) is 6. The Bertz CT molecular complexity index is 400. The topological polar surface area (TPSA) is 98.8 Å². The van der Waals surface area contributed by atoms with Crippen molar-refractivity contribution in [3.63, 3.8) is 0 Å². The van der Waals surface area contributed by atoms with Crippen LogP contribution < -0.4 is 4.72 Å². The van der Waals surface area contributed by atoms with Crippen molar-refractivity contribution in [3.8, 4) is 0 Å². The van der Waals surface area contributed by atoms with E-state index in [0.29, 0.717) is 0 Å². The molecule has 0 aromatic rings. The summed E-state index contributed by atoms with van der Waals surface area (Å²) in [4.78, 5) is 21.7. The van der Waals surface area contributed by atoms with Crippen LogP contribution in [0.4, 0.5) is 0 Å². The lowest BCUT2D eigenvalue weighted by Gasteiger charge is -2.11. The maximum Gasteiger partial charge on any atom is 0.331 e. The highest BCUT2D eigenvalue weighted by atomic mass is 32.2. The normalized spacial score (nSPS) is 13.4. The quantitative estimate of drug-likeness (QED) is 0.498. The van der Waals surface area contributed by atoms with Crippen LogP contribution >= 0.6 is 0 Å². The number of ether oxygens (including phenoxy) is 2. The van der Waals surface area contributed by atoms with E-state index in [9.17, 15) is 18.0 Å². The van der Waals surface area contributed by atoms with Gasteiger partial charge in [-0.3, -0.25) is 0 Å². The van der Waals surface area contributed by atoms with Gasteiger partial charge in [-0.25, -0.2) is 22.7 Å². The third kappa shape index (κ3) is 9.52. The molecule has 0 amide bonds. The lowest BCUT2D eigenvalue weighted by Crippen LogP contribution is -2.35. The van der Waals surface area contributed by atoms with Gasteiger partial charge in [0.1, 0.15) is 6.61 Å². The first-order chi connectivity index (χ1) is 7.74. The fourth-order valence-corrected chi connectivity index (χ4v) is 1.66. The average molecular weight is 265 g/mol. The molecule has 1 unspecified atom stereocenters. The van der Waals surface area contributed by atoms with Crippen LogP contribution in [0.15, 0.2) is 12.2 Å². The standard InChI is InChI=1S/C9H15NO6S/c1-7(10-17(3,13)14)6-16-9(12)5-4-8(11)15-2/h4-5,7,10H,6H2,1-3H3/b5-4+. The molecule has 0 bridgehead atoms. The molecule has 1 atom stereocenters. The van der Waals surface area contributed by atoms with Crippen LogP contribution in [0, 0.1) is 0 Å². The zero-order valence-electron chi connectivity index (χ0n) is 9.80. The number of methoxy groups -OCH3 is 1. The summed E-state index contributed by atoms with van der Waals surface area (Å²) in [6, 6.07) is -0.541. The molecule has 0 aromatic heterocycles. The van der Waals surface area contributed by atoms with Crippen LogP contribution in [-0.2, 0) is 29.1 Å². The molecule has 0 rings (SSSR count). The van der Waals surface area contributed by atoms with Gasteiger partial charge in [0.2, 0.25) is 10.0 Å². The van der Waals surface area contributed by atoms with E-state index >= 15 is 0 Å². The van der Waals surface area contributed by atoms with Gasteiger partial charge in [-0.2, -0.15) is 0 Å². The van der Waals surface area contributed by atoms with Crippen LogP contribution in [0.25, 0.3) is 0 Å². The Labute approximate surface area is 99.8 Å². The number of sulfonamides is 1. The minimum atomic E-state index is -3.33. The zero-order valence-corrected chi connectivity index (χ0v) is 10.6.